The number of amides is 2. The summed E-state index contributed by atoms with van der Waals surface area (Å²) in [6.45, 7) is 15.9. The van der Waals surface area contributed by atoms with Crippen LogP contribution in [0.25, 0.3) is 0 Å². The van der Waals surface area contributed by atoms with Crippen molar-refractivity contribution < 1.29 is 4.79 Å². The fourth-order valence-electron chi connectivity index (χ4n) is 4.49. The lowest BCUT2D eigenvalue weighted by molar-refractivity contribution is 0.139. The van der Waals surface area contributed by atoms with Gasteiger partial charge in [-0.2, -0.15) is 0 Å². The third-order valence-corrected chi connectivity index (χ3v) is 5.94. The first-order valence-corrected chi connectivity index (χ1v) is 11.0. The van der Waals surface area contributed by atoms with Crippen molar-refractivity contribution in [3.05, 3.63) is 0 Å². The molecule has 2 rings (SSSR count). The van der Waals surface area contributed by atoms with Crippen LogP contribution in [0, 0.1) is 17.8 Å². The van der Waals surface area contributed by atoms with Crippen LogP contribution in [0.4, 0.5) is 4.79 Å². The van der Waals surface area contributed by atoms with Crippen molar-refractivity contribution in [3.8, 4) is 0 Å². The molecule has 2 amide bonds. The lowest BCUT2D eigenvalue weighted by Crippen LogP contribution is -2.40. The molecule has 0 aromatic heterocycles. The lowest BCUT2D eigenvalue weighted by atomic mass is 9.92. The molecule has 2 aliphatic rings. The molecule has 0 spiro atoms. The van der Waals surface area contributed by atoms with Crippen molar-refractivity contribution in [1.82, 2.24) is 20.4 Å². The average molecular weight is 367 g/mol. The predicted molar refractivity (Wildman–Crippen MR) is 109 cm³/mol. The number of piperidine rings is 2. The Bertz CT molecular complexity index is 385. The minimum atomic E-state index is -0.00233. The van der Waals surface area contributed by atoms with Gasteiger partial charge in [-0.05, 0) is 82.5 Å². The van der Waals surface area contributed by atoms with Crippen LogP contribution >= 0.6 is 0 Å². The molecule has 2 fully saturated rings. The van der Waals surface area contributed by atoms with Crippen LogP contribution in [0.5, 0.6) is 0 Å². The lowest BCUT2D eigenvalue weighted by Gasteiger charge is -2.34. The Balaban J connectivity index is 1.40. The van der Waals surface area contributed by atoms with Gasteiger partial charge < -0.3 is 20.4 Å². The van der Waals surface area contributed by atoms with Crippen molar-refractivity contribution in [3.63, 3.8) is 0 Å². The van der Waals surface area contributed by atoms with Gasteiger partial charge in [-0.3, -0.25) is 0 Å². The summed E-state index contributed by atoms with van der Waals surface area (Å²) in [7, 11) is 0. The fourth-order valence-corrected chi connectivity index (χ4v) is 4.49. The van der Waals surface area contributed by atoms with E-state index < -0.39 is 0 Å². The topological polar surface area (TPSA) is 47.6 Å². The van der Waals surface area contributed by atoms with E-state index in [0.29, 0.717) is 0 Å². The zero-order valence-electron chi connectivity index (χ0n) is 17.4. The number of urea groups is 1. The van der Waals surface area contributed by atoms with E-state index in [-0.39, 0.29) is 6.03 Å². The second-order valence-electron chi connectivity index (χ2n) is 8.97. The maximum absolute atomic E-state index is 11.8. The largest absolute Gasteiger partial charge is 0.338 e. The molecule has 0 saturated carbocycles. The van der Waals surface area contributed by atoms with E-state index in [2.05, 4.69) is 41.2 Å². The minimum absolute atomic E-state index is 0.00233. The van der Waals surface area contributed by atoms with Crippen LogP contribution in [-0.4, -0.2) is 68.2 Å². The molecule has 2 unspecified atom stereocenters. The molecule has 2 N–H and O–H groups in total. The van der Waals surface area contributed by atoms with Crippen LogP contribution in [0.3, 0.4) is 0 Å². The molecule has 5 nitrogen and oxygen atoms in total. The van der Waals surface area contributed by atoms with E-state index in [9.17, 15) is 4.79 Å². The van der Waals surface area contributed by atoms with Crippen LogP contribution in [0.2, 0.25) is 0 Å². The van der Waals surface area contributed by atoms with Gasteiger partial charge in [0.1, 0.15) is 0 Å². The van der Waals surface area contributed by atoms with E-state index in [1.165, 1.54) is 58.4 Å². The number of likely N-dealkylation sites (tertiary alicyclic amines) is 2. The Hall–Kier alpha value is -0.810. The summed E-state index contributed by atoms with van der Waals surface area (Å²) in [6.07, 6.45) is 7.31. The zero-order valence-corrected chi connectivity index (χ0v) is 17.4. The van der Waals surface area contributed by atoms with Crippen molar-refractivity contribution in [2.45, 2.75) is 59.3 Å². The van der Waals surface area contributed by atoms with Gasteiger partial charge in [0.05, 0.1) is 0 Å². The van der Waals surface area contributed by atoms with Crippen molar-refractivity contribution in [2.24, 2.45) is 17.8 Å². The first kappa shape index (κ1) is 21.5. The van der Waals surface area contributed by atoms with Crippen LogP contribution < -0.4 is 10.6 Å². The molecule has 0 aliphatic carbocycles. The molecular formula is C21H42N4O. The fraction of sp³-hybridized carbons (Fsp3) is 0.952. The summed E-state index contributed by atoms with van der Waals surface area (Å²) >= 11 is 0. The van der Waals surface area contributed by atoms with Gasteiger partial charge >= 0.3 is 6.03 Å². The smallest absolute Gasteiger partial charge is 0.314 e. The number of unbranched alkanes of at least 4 members (excludes halogenated alkanes) is 1. The number of nitrogens with zero attached hydrogens (tertiary/aromatic N) is 2. The van der Waals surface area contributed by atoms with E-state index in [1.54, 1.807) is 0 Å². The molecule has 2 heterocycles. The highest BCUT2D eigenvalue weighted by Gasteiger charge is 2.21. The zero-order chi connectivity index (χ0) is 18.8. The number of carbonyl (C=O) groups is 1. The highest BCUT2D eigenvalue weighted by Crippen LogP contribution is 2.21. The Morgan fingerprint density at radius 2 is 1.38 bits per heavy atom. The van der Waals surface area contributed by atoms with Crippen molar-refractivity contribution in [1.29, 1.82) is 0 Å². The third kappa shape index (κ3) is 8.72. The Labute approximate surface area is 161 Å². The van der Waals surface area contributed by atoms with Crippen LogP contribution in [-0.2, 0) is 0 Å². The Kier molecular flexibility index (Phi) is 9.76. The molecular weight excluding hydrogens is 324 g/mol. The standard InChI is InChI=1S/C21H42N4O/c1-18-7-13-24(14-8-18)12-6-10-23-21(26)22-9-4-5-11-25-16-19(2)15-20(3)17-25/h18-20H,4-17H2,1-3H3,(H2,22,23,26). The van der Waals surface area contributed by atoms with E-state index >= 15 is 0 Å². The second-order valence-corrected chi connectivity index (χ2v) is 8.97. The number of hydrogen-bond acceptors (Lipinski definition) is 3. The summed E-state index contributed by atoms with van der Waals surface area (Å²) in [5, 5.41) is 6.00. The van der Waals surface area contributed by atoms with E-state index in [1.807, 2.05) is 0 Å². The first-order chi connectivity index (χ1) is 12.5. The molecule has 0 aromatic rings. The van der Waals surface area contributed by atoms with Gasteiger partial charge in [-0.15, -0.1) is 0 Å². The Morgan fingerprint density at radius 1 is 0.808 bits per heavy atom. The number of carbonyl (C=O) groups excluding carboxylic acids is 1. The summed E-state index contributed by atoms with van der Waals surface area (Å²) in [5.74, 6) is 2.55. The average Bonchev–Trinajstić information content (AvgIpc) is 2.59. The quantitative estimate of drug-likeness (QED) is 0.616. The van der Waals surface area contributed by atoms with Gasteiger partial charge in [0.25, 0.3) is 0 Å². The summed E-state index contributed by atoms with van der Waals surface area (Å²) in [5.41, 5.74) is 0. The van der Waals surface area contributed by atoms with Gasteiger partial charge in [0.15, 0.2) is 0 Å². The molecule has 0 radical (unpaired) electrons. The molecule has 2 aliphatic heterocycles. The summed E-state index contributed by atoms with van der Waals surface area (Å²) in [6, 6.07) is -0.00233. The SMILES string of the molecule is CC1CCN(CCCNC(=O)NCCCCN2CC(C)CC(C)C2)CC1. The van der Waals surface area contributed by atoms with Crippen LogP contribution in [0.1, 0.15) is 59.3 Å². The number of rotatable bonds is 9. The predicted octanol–water partition coefficient (Wildman–Crippen LogP) is 3.17. The van der Waals surface area contributed by atoms with E-state index in [0.717, 1.165) is 50.2 Å². The normalized spacial score (nSPS) is 26.0. The van der Waals surface area contributed by atoms with Gasteiger partial charge in [0, 0.05) is 26.2 Å². The number of hydrogen-bond donors (Lipinski definition) is 2. The summed E-state index contributed by atoms with van der Waals surface area (Å²) < 4.78 is 0. The monoisotopic (exact) mass is 366 g/mol. The molecule has 2 saturated heterocycles. The Morgan fingerprint density at radius 3 is 2.04 bits per heavy atom. The number of nitrogens with one attached hydrogen (secondary N) is 2. The minimum Gasteiger partial charge on any atom is -0.338 e. The highest BCUT2D eigenvalue weighted by molar-refractivity contribution is 5.73. The molecule has 152 valence electrons. The first-order valence-electron chi connectivity index (χ1n) is 11.0. The molecule has 5 heteroatoms. The highest BCUT2D eigenvalue weighted by atomic mass is 16.2. The second kappa shape index (κ2) is 11.8. The van der Waals surface area contributed by atoms with Crippen molar-refractivity contribution in [2.75, 3.05) is 52.4 Å². The van der Waals surface area contributed by atoms with Gasteiger partial charge in [-0.25, -0.2) is 4.79 Å². The maximum Gasteiger partial charge on any atom is 0.314 e. The van der Waals surface area contributed by atoms with Crippen molar-refractivity contribution >= 4 is 6.03 Å². The molecule has 2 atom stereocenters. The molecule has 26 heavy (non-hydrogen) atoms. The molecule has 0 bridgehead atoms. The van der Waals surface area contributed by atoms with E-state index in [4.69, 9.17) is 0 Å². The van der Waals surface area contributed by atoms with Gasteiger partial charge in [0.2, 0.25) is 0 Å². The van der Waals surface area contributed by atoms with Gasteiger partial charge in [-0.1, -0.05) is 20.8 Å². The molecule has 0 aromatic carbocycles. The third-order valence-electron chi connectivity index (χ3n) is 5.94. The summed E-state index contributed by atoms with van der Waals surface area (Å²) in [4.78, 5) is 17.0. The van der Waals surface area contributed by atoms with Crippen LogP contribution in [0.15, 0.2) is 0 Å². The maximum atomic E-state index is 11.8.